The predicted molar refractivity (Wildman–Crippen MR) is 194 cm³/mol. The minimum Gasteiger partial charge on any atom is -0.247 e. The van der Waals surface area contributed by atoms with Gasteiger partial charge in [-0.25, -0.2) is 9.97 Å². The summed E-state index contributed by atoms with van der Waals surface area (Å²) in [5, 5.41) is 0. The SMILES string of the molecule is Cc1ccc(-c2cc(-c3ccc(-c4cc(-c5ccc(C)cc5)c(C(F)(F)F)c(-c5ccccc5)n4)cc3)nc(-c3ccccc3)c2C(F)(F)F)cc1. The van der Waals surface area contributed by atoms with Gasteiger partial charge in [0.05, 0.1) is 33.9 Å². The van der Waals surface area contributed by atoms with Crippen molar-refractivity contribution in [3.63, 3.8) is 0 Å². The average molecular weight is 701 g/mol. The normalized spacial score (nSPS) is 11.8. The van der Waals surface area contributed by atoms with Crippen LogP contribution in [0.5, 0.6) is 0 Å². The number of rotatable bonds is 6. The molecular weight excluding hydrogens is 670 g/mol. The summed E-state index contributed by atoms with van der Waals surface area (Å²) in [4.78, 5) is 9.16. The standard InChI is InChI=1S/C44H30F6N2/c1-27-13-17-29(18-14-27)35-25-37(51-41(39(35)43(45,46)47)33-9-5-3-6-10-33)31-21-23-32(24-22-31)38-26-36(30-19-15-28(2)16-20-30)40(44(48,49)50)42(52-38)34-11-7-4-8-12-34/h3-26H,1-2H3. The molecule has 0 spiro atoms. The monoisotopic (exact) mass is 700 g/mol. The summed E-state index contributed by atoms with van der Waals surface area (Å²) < 4.78 is 89.1. The second kappa shape index (κ2) is 13.6. The van der Waals surface area contributed by atoms with Gasteiger partial charge in [-0.15, -0.1) is 0 Å². The molecule has 0 unspecified atom stereocenters. The van der Waals surface area contributed by atoms with E-state index in [1.807, 2.05) is 13.8 Å². The van der Waals surface area contributed by atoms with Crippen LogP contribution in [0.4, 0.5) is 26.3 Å². The number of aromatic nitrogens is 2. The van der Waals surface area contributed by atoms with Gasteiger partial charge in [0.25, 0.3) is 0 Å². The largest absolute Gasteiger partial charge is 0.419 e. The molecule has 0 aliphatic rings. The highest BCUT2D eigenvalue weighted by molar-refractivity contribution is 5.84. The minimum absolute atomic E-state index is 0.0138. The number of nitrogens with zero attached hydrogens (tertiary/aromatic N) is 2. The van der Waals surface area contributed by atoms with Gasteiger partial charge < -0.3 is 0 Å². The van der Waals surface area contributed by atoms with Gasteiger partial charge in [0.15, 0.2) is 0 Å². The molecule has 0 amide bonds. The third-order valence-corrected chi connectivity index (χ3v) is 8.90. The molecule has 2 aromatic heterocycles. The van der Waals surface area contributed by atoms with E-state index >= 15 is 0 Å². The molecule has 7 rings (SSSR count). The number of hydrogen-bond donors (Lipinski definition) is 0. The first-order valence-electron chi connectivity index (χ1n) is 16.5. The Morgan fingerprint density at radius 3 is 0.981 bits per heavy atom. The maximum absolute atomic E-state index is 14.8. The summed E-state index contributed by atoms with van der Waals surface area (Å²) in [5.74, 6) is 0. The second-order valence-electron chi connectivity index (χ2n) is 12.6. The first-order valence-corrected chi connectivity index (χ1v) is 16.5. The van der Waals surface area contributed by atoms with E-state index in [9.17, 15) is 26.3 Å². The third kappa shape index (κ3) is 6.97. The maximum Gasteiger partial charge on any atom is 0.419 e. The molecule has 0 saturated carbocycles. The topological polar surface area (TPSA) is 25.8 Å². The van der Waals surface area contributed by atoms with Crippen molar-refractivity contribution in [1.82, 2.24) is 9.97 Å². The fraction of sp³-hybridized carbons (Fsp3) is 0.0909. The second-order valence-corrected chi connectivity index (χ2v) is 12.6. The molecule has 52 heavy (non-hydrogen) atoms. The molecule has 0 aliphatic heterocycles. The summed E-state index contributed by atoms with van der Waals surface area (Å²) in [6, 6.07) is 39.8. The van der Waals surface area contributed by atoms with Crippen molar-refractivity contribution in [2.75, 3.05) is 0 Å². The van der Waals surface area contributed by atoms with Gasteiger partial charge in [-0.3, -0.25) is 0 Å². The van der Waals surface area contributed by atoms with E-state index in [2.05, 4.69) is 9.97 Å². The van der Waals surface area contributed by atoms with E-state index < -0.39 is 23.5 Å². The first kappa shape index (κ1) is 34.4. The average Bonchev–Trinajstić information content (AvgIpc) is 3.14. The summed E-state index contributed by atoms with van der Waals surface area (Å²) in [5.41, 5.74) is 2.76. The third-order valence-electron chi connectivity index (χ3n) is 8.90. The van der Waals surface area contributed by atoms with Crippen molar-refractivity contribution in [3.8, 4) is 67.3 Å². The van der Waals surface area contributed by atoms with E-state index in [1.54, 1.807) is 133 Å². The lowest BCUT2D eigenvalue weighted by Gasteiger charge is -2.20. The van der Waals surface area contributed by atoms with Gasteiger partial charge in [0.1, 0.15) is 0 Å². The van der Waals surface area contributed by atoms with Gasteiger partial charge in [-0.2, -0.15) is 26.3 Å². The molecule has 2 nitrogen and oxygen atoms in total. The molecule has 8 heteroatoms. The lowest BCUT2D eigenvalue weighted by Crippen LogP contribution is -2.12. The number of aryl methyl sites for hydroxylation is 2. The highest BCUT2D eigenvalue weighted by atomic mass is 19.4. The Hall–Kier alpha value is -6.02. The van der Waals surface area contributed by atoms with Crippen LogP contribution in [0.15, 0.2) is 146 Å². The van der Waals surface area contributed by atoms with Crippen LogP contribution >= 0.6 is 0 Å². The van der Waals surface area contributed by atoms with Crippen LogP contribution in [0.1, 0.15) is 22.3 Å². The molecule has 0 radical (unpaired) electrons. The minimum atomic E-state index is -4.71. The zero-order valence-electron chi connectivity index (χ0n) is 28.0. The summed E-state index contributed by atoms with van der Waals surface area (Å²) in [6.45, 7) is 3.73. The number of hydrogen-bond acceptors (Lipinski definition) is 2. The zero-order valence-corrected chi connectivity index (χ0v) is 28.0. The highest BCUT2D eigenvalue weighted by Crippen LogP contribution is 2.46. The van der Waals surface area contributed by atoms with Crippen LogP contribution in [0, 0.1) is 13.8 Å². The molecule has 0 fully saturated rings. The molecule has 0 aliphatic carbocycles. The molecule has 0 bridgehead atoms. The fourth-order valence-corrected chi connectivity index (χ4v) is 6.30. The molecule has 5 aromatic carbocycles. The molecule has 258 valence electrons. The van der Waals surface area contributed by atoms with Gasteiger partial charge >= 0.3 is 12.4 Å². The molecular formula is C44H30F6N2. The van der Waals surface area contributed by atoms with Crippen LogP contribution in [0.25, 0.3) is 67.3 Å². The van der Waals surface area contributed by atoms with E-state index in [-0.39, 0.29) is 22.5 Å². The van der Waals surface area contributed by atoms with Crippen molar-refractivity contribution in [2.24, 2.45) is 0 Å². The molecule has 2 heterocycles. The zero-order chi connectivity index (χ0) is 36.6. The van der Waals surface area contributed by atoms with Crippen molar-refractivity contribution in [2.45, 2.75) is 26.2 Å². The lowest BCUT2D eigenvalue weighted by molar-refractivity contribution is -0.137. The van der Waals surface area contributed by atoms with E-state index in [0.717, 1.165) is 11.1 Å². The summed E-state index contributed by atoms with van der Waals surface area (Å²) in [6.07, 6.45) is -9.42. The molecule has 0 N–H and O–H groups in total. The predicted octanol–water partition coefficient (Wildman–Crippen LogP) is 13.1. The number of halogens is 6. The van der Waals surface area contributed by atoms with Crippen molar-refractivity contribution in [3.05, 3.63) is 168 Å². The Morgan fingerprint density at radius 1 is 0.365 bits per heavy atom. The van der Waals surface area contributed by atoms with E-state index in [1.165, 1.54) is 12.1 Å². The lowest BCUT2D eigenvalue weighted by atomic mass is 9.92. The first-order chi connectivity index (χ1) is 24.9. The Morgan fingerprint density at radius 2 is 0.673 bits per heavy atom. The van der Waals surface area contributed by atoms with Crippen LogP contribution in [0.2, 0.25) is 0 Å². The van der Waals surface area contributed by atoms with Crippen molar-refractivity contribution in [1.29, 1.82) is 0 Å². The van der Waals surface area contributed by atoms with Gasteiger partial charge in [-0.05, 0) is 48.2 Å². The Labute approximate surface area is 297 Å². The molecule has 0 saturated heterocycles. The number of benzene rings is 5. The fourth-order valence-electron chi connectivity index (χ4n) is 6.30. The van der Waals surface area contributed by atoms with Crippen LogP contribution in [0.3, 0.4) is 0 Å². The van der Waals surface area contributed by atoms with Gasteiger partial charge in [-0.1, -0.05) is 145 Å². The Kier molecular flexibility index (Phi) is 9.01. The highest BCUT2D eigenvalue weighted by Gasteiger charge is 2.39. The number of alkyl halides is 6. The smallest absolute Gasteiger partial charge is 0.247 e. The van der Waals surface area contributed by atoms with E-state index in [4.69, 9.17) is 0 Å². The number of pyridine rings is 2. The van der Waals surface area contributed by atoms with E-state index in [0.29, 0.717) is 44.8 Å². The Bertz CT molecular complexity index is 2180. The maximum atomic E-state index is 14.8. The van der Waals surface area contributed by atoms with Crippen molar-refractivity contribution < 1.29 is 26.3 Å². The summed E-state index contributed by atoms with van der Waals surface area (Å²) >= 11 is 0. The van der Waals surface area contributed by atoms with Crippen LogP contribution in [-0.2, 0) is 12.4 Å². The van der Waals surface area contributed by atoms with Crippen LogP contribution in [-0.4, -0.2) is 9.97 Å². The van der Waals surface area contributed by atoms with Gasteiger partial charge in [0.2, 0.25) is 0 Å². The molecule has 7 aromatic rings. The van der Waals surface area contributed by atoms with Gasteiger partial charge in [0, 0.05) is 22.3 Å². The summed E-state index contributed by atoms with van der Waals surface area (Å²) in [7, 11) is 0. The quantitative estimate of drug-likeness (QED) is 0.161. The van der Waals surface area contributed by atoms with Crippen LogP contribution < -0.4 is 0 Å². The van der Waals surface area contributed by atoms with Crippen molar-refractivity contribution >= 4 is 0 Å². The molecule has 0 atom stereocenters. The Balaban J connectivity index is 1.41.